The van der Waals surface area contributed by atoms with Gasteiger partial charge in [0, 0.05) is 6.42 Å². The first kappa shape index (κ1) is 18.9. The van der Waals surface area contributed by atoms with Gasteiger partial charge >= 0.3 is 17.7 Å². The fourth-order valence-corrected chi connectivity index (χ4v) is 3.38. The van der Waals surface area contributed by atoms with Crippen LogP contribution >= 0.6 is 0 Å². The van der Waals surface area contributed by atoms with Gasteiger partial charge in [0.25, 0.3) is 0 Å². The van der Waals surface area contributed by atoms with Gasteiger partial charge in [0.1, 0.15) is 18.2 Å². The third-order valence-electron chi connectivity index (χ3n) is 5.01. The third kappa shape index (κ3) is 3.78. The molecular formula is C23H19FO5. The standard InChI is InChI=1S/C23H19FO5/c1-15-17(7-6-16-4-2-3-5-20(15)16)14-27-22(26)23(13-12-21(25)29-23)28-19-10-8-18(24)9-11-19/h2-11H,12-14H2,1H3. The molecule has 0 amide bonds. The highest BCUT2D eigenvalue weighted by atomic mass is 19.1. The largest absolute Gasteiger partial charge is 0.455 e. The normalized spacial score (nSPS) is 18.5. The number of carbonyl (C=O) groups is 2. The van der Waals surface area contributed by atoms with Crippen LogP contribution in [0.4, 0.5) is 4.39 Å². The van der Waals surface area contributed by atoms with Gasteiger partial charge in [-0.05, 0) is 53.1 Å². The summed E-state index contributed by atoms with van der Waals surface area (Å²) in [5, 5.41) is 2.17. The van der Waals surface area contributed by atoms with E-state index in [1.807, 2.05) is 43.3 Å². The van der Waals surface area contributed by atoms with Gasteiger partial charge < -0.3 is 14.2 Å². The van der Waals surface area contributed by atoms with E-state index in [1.165, 1.54) is 24.3 Å². The molecule has 0 spiro atoms. The SMILES string of the molecule is Cc1c(COC(=O)C2(Oc3ccc(F)cc3)CCC(=O)O2)ccc2ccccc12. The lowest BCUT2D eigenvalue weighted by atomic mass is 10.0. The maximum absolute atomic E-state index is 13.1. The number of esters is 2. The lowest BCUT2D eigenvalue weighted by Gasteiger charge is -2.26. The van der Waals surface area contributed by atoms with E-state index in [-0.39, 0.29) is 25.2 Å². The van der Waals surface area contributed by atoms with E-state index in [1.54, 1.807) is 0 Å². The van der Waals surface area contributed by atoms with Crippen LogP contribution < -0.4 is 4.74 Å². The minimum Gasteiger partial charge on any atom is -0.455 e. The van der Waals surface area contributed by atoms with Gasteiger partial charge in [-0.15, -0.1) is 0 Å². The first-order chi connectivity index (χ1) is 14.0. The van der Waals surface area contributed by atoms with Crippen LogP contribution in [0.3, 0.4) is 0 Å². The molecule has 0 N–H and O–H groups in total. The molecule has 1 heterocycles. The van der Waals surface area contributed by atoms with Crippen molar-refractivity contribution in [1.29, 1.82) is 0 Å². The van der Waals surface area contributed by atoms with E-state index >= 15 is 0 Å². The highest BCUT2D eigenvalue weighted by molar-refractivity contribution is 5.87. The van der Waals surface area contributed by atoms with Crippen molar-refractivity contribution in [2.75, 3.05) is 0 Å². The van der Waals surface area contributed by atoms with E-state index < -0.39 is 23.5 Å². The van der Waals surface area contributed by atoms with Gasteiger partial charge in [0.15, 0.2) is 0 Å². The van der Waals surface area contributed by atoms with Crippen molar-refractivity contribution in [2.45, 2.75) is 32.2 Å². The van der Waals surface area contributed by atoms with Crippen LogP contribution in [-0.2, 0) is 25.7 Å². The fraction of sp³-hybridized carbons (Fsp3) is 0.217. The lowest BCUT2D eigenvalue weighted by Crippen LogP contribution is -2.45. The Kier molecular flexibility index (Phi) is 4.92. The van der Waals surface area contributed by atoms with Crippen LogP contribution in [0.15, 0.2) is 60.7 Å². The van der Waals surface area contributed by atoms with Crippen molar-refractivity contribution >= 4 is 22.7 Å². The molecule has 1 saturated heterocycles. The Balaban J connectivity index is 1.54. The molecule has 0 aliphatic carbocycles. The number of halogens is 1. The number of aryl methyl sites for hydroxylation is 1. The minimum absolute atomic E-state index is 0.0155. The number of rotatable bonds is 5. The minimum atomic E-state index is -1.86. The van der Waals surface area contributed by atoms with Crippen molar-refractivity contribution in [2.24, 2.45) is 0 Å². The highest BCUT2D eigenvalue weighted by Crippen LogP contribution is 2.32. The van der Waals surface area contributed by atoms with Crippen LogP contribution in [0.25, 0.3) is 10.8 Å². The molecule has 0 saturated carbocycles. The number of hydrogen-bond donors (Lipinski definition) is 0. The number of fused-ring (bicyclic) bond motifs is 1. The molecule has 3 aromatic rings. The van der Waals surface area contributed by atoms with Crippen LogP contribution in [0.1, 0.15) is 24.0 Å². The second-order valence-electron chi connectivity index (χ2n) is 6.93. The molecule has 148 valence electrons. The first-order valence-electron chi connectivity index (χ1n) is 9.28. The van der Waals surface area contributed by atoms with Gasteiger partial charge in [-0.3, -0.25) is 4.79 Å². The smallest absolute Gasteiger partial charge is 0.393 e. The Labute approximate surface area is 167 Å². The number of carbonyl (C=O) groups excluding carboxylic acids is 2. The topological polar surface area (TPSA) is 61.8 Å². The molecule has 0 radical (unpaired) electrons. The predicted molar refractivity (Wildman–Crippen MR) is 104 cm³/mol. The number of benzene rings is 3. The second-order valence-corrected chi connectivity index (χ2v) is 6.93. The van der Waals surface area contributed by atoms with Crippen molar-refractivity contribution in [3.63, 3.8) is 0 Å². The first-order valence-corrected chi connectivity index (χ1v) is 9.28. The Morgan fingerprint density at radius 1 is 1.10 bits per heavy atom. The lowest BCUT2D eigenvalue weighted by molar-refractivity contribution is -0.207. The molecule has 6 heteroatoms. The Morgan fingerprint density at radius 3 is 2.59 bits per heavy atom. The van der Waals surface area contributed by atoms with Crippen molar-refractivity contribution < 1.29 is 28.2 Å². The molecule has 1 aliphatic rings. The number of ether oxygens (including phenoxy) is 3. The summed E-state index contributed by atoms with van der Waals surface area (Å²) in [6.45, 7) is 1.98. The summed E-state index contributed by atoms with van der Waals surface area (Å²) in [7, 11) is 0. The Morgan fingerprint density at radius 2 is 1.86 bits per heavy atom. The number of hydrogen-bond acceptors (Lipinski definition) is 5. The molecule has 1 aliphatic heterocycles. The van der Waals surface area contributed by atoms with E-state index in [9.17, 15) is 14.0 Å². The maximum atomic E-state index is 13.1. The highest BCUT2D eigenvalue weighted by Gasteiger charge is 2.52. The number of cyclic esters (lactones) is 1. The molecule has 3 aromatic carbocycles. The summed E-state index contributed by atoms with van der Waals surface area (Å²) < 4.78 is 29.5. The van der Waals surface area contributed by atoms with Gasteiger partial charge in [-0.2, -0.15) is 0 Å². The summed E-state index contributed by atoms with van der Waals surface area (Å²) >= 11 is 0. The molecule has 4 rings (SSSR count). The van der Waals surface area contributed by atoms with Gasteiger partial charge in [0.05, 0.1) is 6.42 Å². The maximum Gasteiger partial charge on any atom is 0.393 e. The van der Waals surface area contributed by atoms with Crippen LogP contribution in [-0.4, -0.2) is 17.7 Å². The third-order valence-corrected chi connectivity index (χ3v) is 5.01. The predicted octanol–water partition coefficient (Wildman–Crippen LogP) is 4.44. The summed E-state index contributed by atoms with van der Waals surface area (Å²) in [6, 6.07) is 16.9. The van der Waals surface area contributed by atoms with E-state index in [0.717, 1.165) is 21.9 Å². The van der Waals surface area contributed by atoms with Crippen molar-refractivity contribution in [3.05, 3.63) is 77.6 Å². The van der Waals surface area contributed by atoms with Crippen molar-refractivity contribution in [3.8, 4) is 5.75 Å². The summed E-state index contributed by atoms with van der Waals surface area (Å²) in [4.78, 5) is 24.5. The van der Waals surface area contributed by atoms with E-state index in [0.29, 0.717) is 0 Å². The fourth-order valence-electron chi connectivity index (χ4n) is 3.38. The zero-order valence-electron chi connectivity index (χ0n) is 15.8. The molecule has 1 fully saturated rings. The van der Waals surface area contributed by atoms with E-state index in [2.05, 4.69) is 0 Å². The van der Waals surface area contributed by atoms with Crippen LogP contribution in [0.2, 0.25) is 0 Å². The molecule has 1 unspecified atom stereocenters. The van der Waals surface area contributed by atoms with E-state index in [4.69, 9.17) is 14.2 Å². The monoisotopic (exact) mass is 394 g/mol. The zero-order chi connectivity index (χ0) is 20.4. The Hall–Kier alpha value is -3.41. The van der Waals surface area contributed by atoms with Gasteiger partial charge in [-0.25, -0.2) is 9.18 Å². The average Bonchev–Trinajstić information content (AvgIpc) is 3.11. The molecule has 0 aromatic heterocycles. The zero-order valence-corrected chi connectivity index (χ0v) is 15.8. The summed E-state index contributed by atoms with van der Waals surface area (Å²) in [6.07, 6.45) is 0.0596. The average molecular weight is 394 g/mol. The van der Waals surface area contributed by atoms with Crippen molar-refractivity contribution in [1.82, 2.24) is 0 Å². The second kappa shape index (κ2) is 7.54. The quantitative estimate of drug-likeness (QED) is 0.599. The molecule has 5 nitrogen and oxygen atoms in total. The van der Waals surface area contributed by atoms with Gasteiger partial charge in [0.2, 0.25) is 0 Å². The molecular weight excluding hydrogens is 375 g/mol. The Bertz CT molecular complexity index is 1080. The van der Waals surface area contributed by atoms with Crippen LogP contribution in [0.5, 0.6) is 5.75 Å². The van der Waals surface area contributed by atoms with Gasteiger partial charge in [-0.1, -0.05) is 36.4 Å². The molecule has 29 heavy (non-hydrogen) atoms. The molecule has 1 atom stereocenters. The van der Waals surface area contributed by atoms with Crippen LogP contribution in [0, 0.1) is 12.7 Å². The molecule has 0 bridgehead atoms. The summed E-state index contributed by atoms with van der Waals surface area (Å²) in [5.74, 6) is -3.44. The summed E-state index contributed by atoms with van der Waals surface area (Å²) in [5.41, 5.74) is 1.85.